The van der Waals surface area contributed by atoms with Gasteiger partial charge in [0.1, 0.15) is 17.5 Å². The topological polar surface area (TPSA) is 108 Å². The minimum Gasteiger partial charge on any atom is -0.305 e. The third kappa shape index (κ3) is 5.28. The standard InChI is InChI=1S/C27H27FN8O2S/c1-16(2)21-13-23(36(33-21)18-8-6-5-7-9-18)31-25(37)30-22-12-19(10-11-20(22)28)35-15-17-14-29-26(39-4)32-24(17)34(3)27(35)38/h5-14,16H,15H2,1-4H3,(H2,30,31,37). The fraction of sp³-hybridized carbons (Fsp3) is 0.222. The second-order valence-electron chi connectivity index (χ2n) is 9.23. The summed E-state index contributed by atoms with van der Waals surface area (Å²) in [5.41, 5.74) is 2.66. The number of hydrogen-bond donors (Lipinski definition) is 2. The van der Waals surface area contributed by atoms with Crippen LogP contribution in [-0.2, 0) is 6.54 Å². The summed E-state index contributed by atoms with van der Waals surface area (Å²) in [5.74, 6) is 0.467. The Balaban J connectivity index is 1.38. The van der Waals surface area contributed by atoms with Crippen LogP contribution < -0.4 is 20.4 Å². The first kappa shape index (κ1) is 26.2. The molecule has 0 atom stereocenters. The summed E-state index contributed by atoms with van der Waals surface area (Å²) in [6, 6.07) is 14.3. The third-order valence-corrected chi connectivity index (χ3v) is 6.80. The zero-order chi connectivity index (χ0) is 27.7. The van der Waals surface area contributed by atoms with Gasteiger partial charge in [-0.3, -0.25) is 15.1 Å². The number of carbonyl (C=O) groups excluding carboxylic acids is 2. The zero-order valence-electron chi connectivity index (χ0n) is 21.8. The number of fused-ring (bicyclic) bond motifs is 1. The molecule has 5 rings (SSSR count). The molecule has 0 aliphatic carbocycles. The molecule has 12 heteroatoms. The van der Waals surface area contributed by atoms with Crippen LogP contribution in [0.1, 0.15) is 31.0 Å². The molecule has 4 amide bonds. The van der Waals surface area contributed by atoms with Gasteiger partial charge in [0, 0.05) is 30.6 Å². The van der Waals surface area contributed by atoms with Gasteiger partial charge in [-0.05, 0) is 42.5 Å². The number of hydrogen-bond acceptors (Lipinski definition) is 6. The number of halogens is 1. The minimum absolute atomic E-state index is 0.0740. The van der Waals surface area contributed by atoms with Gasteiger partial charge in [-0.15, -0.1) is 0 Å². The molecule has 200 valence electrons. The summed E-state index contributed by atoms with van der Waals surface area (Å²) in [5, 5.41) is 10.5. The van der Waals surface area contributed by atoms with Gasteiger partial charge in [0.15, 0.2) is 5.16 Å². The van der Waals surface area contributed by atoms with Crippen LogP contribution in [0.25, 0.3) is 5.69 Å². The molecule has 39 heavy (non-hydrogen) atoms. The average molecular weight is 547 g/mol. The Morgan fingerprint density at radius 2 is 1.85 bits per heavy atom. The quantitative estimate of drug-likeness (QED) is 0.231. The lowest BCUT2D eigenvalue weighted by Crippen LogP contribution is -2.46. The van der Waals surface area contributed by atoms with Crippen LogP contribution in [-0.4, -0.2) is 45.1 Å². The van der Waals surface area contributed by atoms with Crippen molar-refractivity contribution in [1.82, 2.24) is 19.7 Å². The van der Waals surface area contributed by atoms with Crippen LogP contribution >= 0.6 is 11.8 Å². The Bertz CT molecular complexity index is 1540. The van der Waals surface area contributed by atoms with Crippen LogP contribution in [0.4, 0.5) is 37.0 Å². The summed E-state index contributed by atoms with van der Waals surface area (Å²) < 4.78 is 16.4. The monoisotopic (exact) mass is 546 g/mol. The average Bonchev–Trinajstić information content (AvgIpc) is 3.36. The molecular formula is C27H27FN8O2S. The van der Waals surface area contributed by atoms with Crippen molar-refractivity contribution in [2.75, 3.05) is 33.7 Å². The second-order valence-corrected chi connectivity index (χ2v) is 10.0. The fourth-order valence-electron chi connectivity index (χ4n) is 4.18. The summed E-state index contributed by atoms with van der Waals surface area (Å²) in [6.07, 6.45) is 3.54. The number of urea groups is 2. The van der Waals surface area contributed by atoms with Gasteiger partial charge < -0.3 is 5.32 Å². The molecule has 1 aliphatic rings. The third-order valence-electron chi connectivity index (χ3n) is 6.24. The Hall–Kier alpha value is -4.45. The van der Waals surface area contributed by atoms with E-state index in [0.717, 1.165) is 16.9 Å². The Kier molecular flexibility index (Phi) is 7.20. The van der Waals surface area contributed by atoms with Gasteiger partial charge in [-0.1, -0.05) is 43.8 Å². The number of aromatic nitrogens is 4. The van der Waals surface area contributed by atoms with E-state index in [1.165, 1.54) is 39.8 Å². The van der Waals surface area contributed by atoms with Gasteiger partial charge >= 0.3 is 12.1 Å². The van der Waals surface area contributed by atoms with Crippen molar-refractivity contribution in [3.05, 3.63) is 77.9 Å². The molecule has 0 saturated heterocycles. The fourth-order valence-corrected chi connectivity index (χ4v) is 4.51. The number of nitrogens with zero attached hydrogens (tertiary/aromatic N) is 6. The molecule has 10 nitrogen and oxygen atoms in total. The van der Waals surface area contributed by atoms with Gasteiger partial charge in [0.25, 0.3) is 0 Å². The summed E-state index contributed by atoms with van der Waals surface area (Å²) in [4.78, 5) is 37.8. The molecule has 3 heterocycles. The Morgan fingerprint density at radius 3 is 2.56 bits per heavy atom. The van der Waals surface area contributed by atoms with Crippen LogP contribution in [0.3, 0.4) is 0 Å². The van der Waals surface area contributed by atoms with Gasteiger partial charge in [0.05, 0.1) is 23.6 Å². The van der Waals surface area contributed by atoms with E-state index in [1.54, 1.807) is 24.0 Å². The number of carbonyl (C=O) groups is 2. The van der Waals surface area contributed by atoms with E-state index < -0.39 is 11.8 Å². The van der Waals surface area contributed by atoms with E-state index in [1.807, 2.05) is 50.4 Å². The first-order valence-electron chi connectivity index (χ1n) is 12.2. The predicted octanol–water partition coefficient (Wildman–Crippen LogP) is 5.87. The maximum Gasteiger partial charge on any atom is 0.330 e. The van der Waals surface area contributed by atoms with Crippen LogP contribution in [0.5, 0.6) is 0 Å². The number of rotatable bonds is 6. The largest absolute Gasteiger partial charge is 0.330 e. The van der Waals surface area contributed by atoms with E-state index >= 15 is 0 Å². The first-order valence-corrected chi connectivity index (χ1v) is 13.5. The maximum atomic E-state index is 14.8. The Morgan fingerprint density at radius 1 is 1.08 bits per heavy atom. The summed E-state index contributed by atoms with van der Waals surface area (Å²) >= 11 is 1.39. The summed E-state index contributed by atoms with van der Waals surface area (Å²) in [7, 11) is 1.63. The van der Waals surface area contributed by atoms with E-state index in [0.29, 0.717) is 22.5 Å². The zero-order valence-corrected chi connectivity index (χ0v) is 22.7. The molecule has 0 radical (unpaired) electrons. The van der Waals surface area contributed by atoms with Crippen molar-refractivity contribution in [3.63, 3.8) is 0 Å². The Labute approximate surface area is 229 Å². The van der Waals surface area contributed by atoms with Gasteiger partial charge in [-0.25, -0.2) is 28.6 Å². The smallest absolute Gasteiger partial charge is 0.305 e. The van der Waals surface area contributed by atoms with Crippen LogP contribution in [0.2, 0.25) is 0 Å². The van der Waals surface area contributed by atoms with Crippen molar-refractivity contribution in [1.29, 1.82) is 0 Å². The van der Waals surface area contributed by atoms with Crippen LogP contribution in [0, 0.1) is 5.82 Å². The molecule has 0 unspecified atom stereocenters. The van der Waals surface area contributed by atoms with E-state index in [2.05, 4.69) is 25.7 Å². The molecule has 2 aromatic carbocycles. The van der Waals surface area contributed by atoms with E-state index in [-0.39, 0.29) is 24.2 Å². The number of amides is 4. The van der Waals surface area contributed by atoms with E-state index in [9.17, 15) is 14.0 Å². The molecule has 2 N–H and O–H groups in total. The lowest BCUT2D eigenvalue weighted by molar-refractivity contribution is 0.251. The predicted molar refractivity (Wildman–Crippen MR) is 150 cm³/mol. The summed E-state index contributed by atoms with van der Waals surface area (Å²) in [6.45, 7) is 4.22. The lowest BCUT2D eigenvalue weighted by Gasteiger charge is -2.34. The van der Waals surface area contributed by atoms with Crippen LogP contribution in [0.15, 0.2) is 66.0 Å². The van der Waals surface area contributed by atoms with Crippen molar-refractivity contribution >= 4 is 46.8 Å². The number of anilines is 4. The highest BCUT2D eigenvalue weighted by molar-refractivity contribution is 7.98. The highest BCUT2D eigenvalue weighted by Gasteiger charge is 2.31. The number of para-hydroxylation sites is 1. The molecular weight excluding hydrogens is 519 g/mol. The van der Waals surface area contributed by atoms with Crippen molar-refractivity contribution < 1.29 is 14.0 Å². The number of thioether (sulfide) groups is 1. The second kappa shape index (κ2) is 10.7. The molecule has 0 spiro atoms. The highest BCUT2D eigenvalue weighted by atomic mass is 32.2. The molecule has 0 bridgehead atoms. The molecule has 0 saturated carbocycles. The normalized spacial score (nSPS) is 13.0. The van der Waals surface area contributed by atoms with Gasteiger partial charge in [0.2, 0.25) is 0 Å². The first-order chi connectivity index (χ1) is 18.7. The van der Waals surface area contributed by atoms with Crippen molar-refractivity contribution in [3.8, 4) is 5.69 Å². The SMILES string of the molecule is CSc1ncc2c(n1)N(C)C(=O)N(c1ccc(F)c(NC(=O)Nc3cc(C(C)C)nn3-c3ccccc3)c1)C2. The minimum atomic E-state index is -0.649. The van der Waals surface area contributed by atoms with Crippen molar-refractivity contribution in [2.24, 2.45) is 0 Å². The maximum absolute atomic E-state index is 14.8. The number of benzene rings is 2. The molecule has 1 aliphatic heterocycles. The van der Waals surface area contributed by atoms with Gasteiger partial charge in [-0.2, -0.15) is 5.10 Å². The van der Waals surface area contributed by atoms with Crippen molar-refractivity contribution in [2.45, 2.75) is 31.5 Å². The molecule has 4 aromatic rings. The molecule has 0 fully saturated rings. The van der Waals surface area contributed by atoms with E-state index in [4.69, 9.17) is 0 Å². The molecule has 2 aromatic heterocycles. The highest BCUT2D eigenvalue weighted by Crippen LogP contribution is 2.32. The lowest BCUT2D eigenvalue weighted by atomic mass is 10.1. The number of nitrogens with one attached hydrogen (secondary N) is 2.